The molecule has 122 valence electrons. The van der Waals surface area contributed by atoms with E-state index < -0.39 is 5.41 Å². The zero-order valence-corrected chi connectivity index (χ0v) is 14.5. The minimum atomic E-state index is -0.825. The molecule has 2 nitrogen and oxygen atoms in total. The highest BCUT2D eigenvalue weighted by Crippen LogP contribution is 2.43. The Balaban J connectivity index is 2.01. The van der Waals surface area contributed by atoms with Crippen LogP contribution in [0.1, 0.15) is 23.6 Å². The standard InChI is InChI=1S/C22H16ClNO/c1-22(16-10-6-3-7-11-16)18-14-17(23)12-13-19(18)24-20(21(22)25)15-8-4-2-5-9-15/h2-14H,1H3. The number of halogens is 1. The molecule has 3 heteroatoms. The Kier molecular flexibility index (Phi) is 3.78. The van der Waals surface area contributed by atoms with Gasteiger partial charge in [-0.25, -0.2) is 4.99 Å². The zero-order valence-electron chi connectivity index (χ0n) is 13.7. The number of rotatable bonds is 2. The first-order chi connectivity index (χ1) is 12.1. The van der Waals surface area contributed by atoms with Crippen molar-refractivity contribution >= 4 is 28.8 Å². The van der Waals surface area contributed by atoms with Crippen LogP contribution in [0.15, 0.2) is 83.9 Å². The van der Waals surface area contributed by atoms with Crippen molar-refractivity contribution in [3.8, 4) is 0 Å². The number of benzene rings is 3. The van der Waals surface area contributed by atoms with E-state index in [4.69, 9.17) is 11.6 Å². The number of Topliss-reactive ketones (excluding diaryl/α,β-unsaturated/α-hetero) is 1. The topological polar surface area (TPSA) is 29.4 Å². The number of carbonyl (C=O) groups is 1. The summed E-state index contributed by atoms with van der Waals surface area (Å²) in [5.41, 5.74) is 3.06. The molecule has 0 fully saturated rings. The van der Waals surface area contributed by atoms with Gasteiger partial charge in [0.1, 0.15) is 5.71 Å². The largest absolute Gasteiger partial charge is 0.291 e. The van der Waals surface area contributed by atoms with Crippen LogP contribution in [0.4, 0.5) is 5.69 Å². The number of ketones is 1. The summed E-state index contributed by atoms with van der Waals surface area (Å²) in [4.78, 5) is 18.2. The van der Waals surface area contributed by atoms with Crippen molar-refractivity contribution in [2.75, 3.05) is 0 Å². The van der Waals surface area contributed by atoms with Gasteiger partial charge in [-0.05, 0) is 36.2 Å². The number of hydrogen-bond acceptors (Lipinski definition) is 2. The van der Waals surface area contributed by atoms with Crippen LogP contribution in [0, 0.1) is 0 Å². The van der Waals surface area contributed by atoms with Crippen molar-refractivity contribution in [2.24, 2.45) is 4.99 Å². The van der Waals surface area contributed by atoms with Crippen LogP contribution < -0.4 is 0 Å². The maximum atomic E-state index is 13.5. The van der Waals surface area contributed by atoms with Crippen LogP contribution in [0.25, 0.3) is 0 Å². The molecule has 3 aromatic rings. The Hall–Kier alpha value is -2.71. The van der Waals surface area contributed by atoms with E-state index in [1.165, 1.54) is 0 Å². The van der Waals surface area contributed by atoms with E-state index in [9.17, 15) is 4.79 Å². The number of fused-ring (bicyclic) bond motifs is 1. The summed E-state index contributed by atoms with van der Waals surface area (Å²) in [6.45, 7) is 1.96. The maximum Gasteiger partial charge on any atom is 0.196 e. The first-order valence-corrected chi connectivity index (χ1v) is 8.53. The molecule has 4 rings (SSSR count). The lowest BCUT2D eigenvalue weighted by atomic mass is 9.69. The summed E-state index contributed by atoms with van der Waals surface area (Å²) in [6, 6.07) is 25.0. The van der Waals surface area contributed by atoms with Gasteiger partial charge >= 0.3 is 0 Å². The van der Waals surface area contributed by atoms with Gasteiger partial charge < -0.3 is 0 Å². The lowest BCUT2D eigenvalue weighted by Gasteiger charge is -2.34. The van der Waals surface area contributed by atoms with Gasteiger partial charge in [-0.3, -0.25) is 4.79 Å². The molecule has 1 aliphatic heterocycles. The fourth-order valence-corrected chi connectivity index (χ4v) is 3.56. The molecule has 0 aromatic heterocycles. The molecule has 0 saturated heterocycles. The molecule has 25 heavy (non-hydrogen) atoms. The van der Waals surface area contributed by atoms with Gasteiger partial charge in [-0.15, -0.1) is 0 Å². The quantitative estimate of drug-likeness (QED) is 0.615. The summed E-state index contributed by atoms with van der Waals surface area (Å²) in [5, 5.41) is 0.604. The predicted molar refractivity (Wildman–Crippen MR) is 102 cm³/mol. The van der Waals surface area contributed by atoms with Crippen LogP contribution in [-0.2, 0) is 10.2 Å². The molecule has 0 saturated carbocycles. The van der Waals surface area contributed by atoms with Gasteiger partial charge in [0.15, 0.2) is 5.78 Å². The van der Waals surface area contributed by atoms with E-state index in [1.54, 1.807) is 0 Å². The van der Waals surface area contributed by atoms with Crippen molar-refractivity contribution in [3.63, 3.8) is 0 Å². The molecule has 0 amide bonds. The first-order valence-electron chi connectivity index (χ1n) is 8.15. The van der Waals surface area contributed by atoms with E-state index in [0.717, 1.165) is 22.4 Å². The first kappa shape index (κ1) is 15.8. The molecule has 0 aliphatic carbocycles. The van der Waals surface area contributed by atoms with Crippen LogP contribution in [0.2, 0.25) is 5.02 Å². The SMILES string of the molecule is CC1(c2ccccc2)C(=O)C(c2ccccc2)=Nc2ccc(Cl)cc21. The fourth-order valence-electron chi connectivity index (χ4n) is 3.39. The number of carbonyl (C=O) groups excluding carboxylic acids is 1. The molecule has 0 bridgehead atoms. The lowest BCUT2D eigenvalue weighted by Crippen LogP contribution is -2.41. The van der Waals surface area contributed by atoms with E-state index in [1.807, 2.05) is 85.8 Å². The van der Waals surface area contributed by atoms with Crippen molar-refractivity contribution in [3.05, 3.63) is 101 Å². The average molecular weight is 346 g/mol. The summed E-state index contributed by atoms with van der Waals surface area (Å²) in [6.07, 6.45) is 0. The van der Waals surface area contributed by atoms with Crippen molar-refractivity contribution in [1.29, 1.82) is 0 Å². The molecule has 1 aliphatic rings. The van der Waals surface area contributed by atoms with Crippen LogP contribution in [0.3, 0.4) is 0 Å². The van der Waals surface area contributed by atoms with E-state index >= 15 is 0 Å². The molecule has 3 aromatic carbocycles. The third-order valence-electron chi connectivity index (χ3n) is 4.80. The van der Waals surface area contributed by atoms with Gasteiger partial charge in [0, 0.05) is 10.6 Å². The Labute approximate surface area is 151 Å². The predicted octanol–water partition coefficient (Wildman–Crippen LogP) is 5.35. The Morgan fingerprint density at radius 1 is 0.880 bits per heavy atom. The highest BCUT2D eigenvalue weighted by molar-refractivity contribution is 6.51. The molecule has 0 N–H and O–H groups in total. The van der Waals surface area contributed by atoms with Gasteiger partial charge in [0.2, 0.25) is 0 Å². The highest BCUT2D eigenvalue weighted by Gasteiger charge is 2.44. The second kappa shape index (κ2) is 5.98. The second-order valence-corrected chi connectivity index (χ2v) is 6.74. The third-order valence-corrected chi connectivity index (χ3v) is 5.03. The van der Waals surface area contributed by atoms with Crippen molar-refractivity contribution < 1.29 is 4.79 Å². The second-order valence-electron chi connectivity index (χ2n) is 6.31. The maximum absolute atomic E-state index is 13.5. The van der Waals surface area contributed by atoms with Crippen LogP contribution in [-0.4, -0.2) is 11.5 Å². The molecule has 1 atom stereocenters. The molecule has 1 unspecified atom stereocenters. The van der Waals surface area contributed by atoms with Crippen LogP contribution >= 0.6 is 11.6 Å². The summed E-state index contributed by atoms with van der Waals surface area (Å²) in [7, 11) is 0. The Morgan fingerprint density at radius 3 is 2.20 bits per heavy atom. The van der Waals surface area contributed by atoms with Gasteiger partial charge in [0.05, 0.1) is 11.1 Å². The normalized spacial score (nSPS) is 19.3. The molecule has 0 spiro atoms. The zero-order chi connectivity index (χ0) is 17.4. The third kappa shape index (κ3) is 2.50. The molecule has 0 radical (unpaired) electrons. The molecule has 1 heterocycles. The summed E-state index contributed by atoms with van der Waals surface area (Å²) in [5.74, 6) is -0.0142. The smallest absolute Gasteiger partial charge is 0.196 e. The van der Waals surface area contributed by atoms with E-state index in [-0.39, 0.29) is 5.78 Å². The Bertz CT molecular complexity index is 979. The average Bonchev–Trinajstić information content (AvgIpc) is 2.66. The minimum Gasteiger partial charge on any atom is -0.291 e. The number of nitrogens with zero attached hydrogens (tertiary/aromatic N) is 1. The monoisotopic (exact) mass is 345 g/mol. The lowest BCUT2D eigenvalue weighted by molar-refractivity contribution is -0.116. The van der Waals surface area contributed by atoms with E-state index in [0.29, 0.717) is 10.7 Å². The Morgan fingerprint density at radius 2 is 1.52 bits per heavy atom. The van der Waals surface area contributed by atoms with Gasteiger partial charge in [-0.1, -0.05) is 72.3 Å². The van der Waals surface area contributed by atoms with Crippen molar-refractivity contribution in [1.82, 2.24) is 0 Å². The molecular weight excluding hydrogens is 330 g/mol. The summed E-state index contributed by atoms with van der Waals surface area (Å²) < 4.78 is 0. The minimum absolute atomic E-state index is 0.0142. The van der Waals surface area contributed by atoms with Crippen molar-refractivity contribution in [2.45, 2.75) is 12.3 Å². The van der Waals surface area contributed by atoms with E-state index in [2.05, 4.69) is 4.99 Å². The van der Waals surface area contributed by atoms with Gasteiger partial charge in [-0.2, -0.15) is 0 Å². The molecular formula is C22H16ClNO. The highest BCUT2D eigenvalue weighted by atomic mass is 35.5. The fraction of sp³-hybridized carbons (Fsp3) is 0.0909. The van der Waals surface area contributed by atoms with Crippen LogP contribution in [0.5, 0.6) is 0 Å². The summed E-state index contributed by atoms with van der Waals surface area (Å²) >= 11 is 6.23. The number of hydrogen-bond donors (Lipinski definition) is 0. The number of aliphatic imine (C=N–C) groups is 1. The van der Waals surface area contributed by atoms with Gasteiger partial charge in [0.25, 0.3) is 0 Å².